The Kier molecular flexibility index (Phi) is 7.34. The molecule has 0 radical (unpaired) electrons. The maximum Gasteiger partial charge on any atom is 0.191 e. The minimum absolute atomic E-state index is 0.474. The van der Waals surface area contributed by atoms with Crippen LogP contribution in [0.3, 0.4) is 0 Å². The van der Waals surface area contributed by atoms with E-state index in [2.05, 4.69) is 63.0 Å². The summed E-state index contributed by atoms with van der Waals surface area (Å²) in [5.74, 6) is 2.13. The summed E-state index contributed by atoms with van der Waals surface area (Å²) in [6.45, 7) is 5.68. The Labute approximate surface area is 188 Å². The van der Waals surface area contributed by atoms with E-state index in [1.165, 1.54) is 11.9 Å². The molecular weight excluding hydrogens is 404 g/mol. The van der Waals surface area contributed by atoms with Crippen LogP contribution in [0.15, 0.2) is 60.1 Å². The third kappa shape index (κ3) is 5.85. The molecule has 2 aromatic carbocycles. The van der Waals surface area contributed by atoms with Gasteiger partial charge in [-0.2, -0.15) is 5.10 Å². The van der Waals surface area contributed by atoms with Gasteiger partial charge >= 0.3 is 0 Å². The van der Waals surface area contributed by atoms with Crippen molar-refractivity contribution in [3.05, 3.63) is 71.8 Å². The van der Waals surface area contributed by atoms with Gasteiger partial charge in [0.15, 0.2) is 5.96 Å². The maximum absolute atomic E-state index is 6.15. The van der Waals surface area contributed by atoms with Crippen LogP contribution in [0, 0.1) is 12.8 Å². The molecule has 1 aliphatic rings. The second kappa shape index (κ2) is 10.8. The first-order valence-electron chi connectivity index (χ1n) is 10.9. The fourth-order valence-electron chi connectivity index (χ4n) is 3.56. The number of hydrogen-bond donors (Lipinski definition) is 2. The molecule has 0 spiro atoms. The zero-order chi connectivity index (χ0) is 22.2. The van der Waals surface area contributed by atoms with Crippen LogP contribution in [-0.4, -0.2) is 47.6 Å². The lowest BCUT2D eigenvalue weighted by Gasteiger charge is -2.17. The average molecular weight is 435 g/mol. The molecule has 32 heavy (non-hydrogen) atoms. The highest BCUT2D eigenvalue weighted by Crippen LogP contribution is 2.22. The second-order valence-corrected chi connectivity index (χ2v) is 7.94. The van der Waals surface area contributed by atoms with Crippen molar-refractivity contribution in [1.82, 2.24) is 25.4 Å². The highest BCUT2D eigenvalue weighted by molar-refractivity contribution is 5.79. The molecule has 8 heteroatoms. The molecular formula is C24H30N6O2. The standard InChI is InChI=1S/C24H30N6O2/c1-18-3-6-21(23(11-18)32-15-20-9-10-31-14-20)13-28-24(25-2)27-12-19-4-7-22(8-5-19)30-17-26-16-29-30/h3-8,11,16-17,20H,9-10,12-15H2,1-2H3,(H2,25,27,28). The number of ether oxygens (including phenoxy) is 2. The van der Waals surface area contributed by atoms with Gasteiger partial charge in [-0.05, 0) is 42.7 Å². The molecule has 0 bridgehead atoms. The molecule has 0 aliphatic carbocycles. The van der Waals surface area contributed by atoms with Gasteiger partial charge in [0.25, 0.3) is 0 Å². The normalized spacial score (nSPS) is 16.2. The molecule has 1 aromatic heterocycles. The van der Waals surface area contributed by atoms with E-state index >= 15 is 0 Å². The van der Waals surface area contributed by atoms with Crippen LogP contribution in [0.1, 0.15) is 23.1 Å². The molecule has 1 unspecified atom stereocenters. The minimum atomic E-state index is 0.474. The number of guanidine groups is 1. The fourth-order valence-corrected chi connectivity index (χ4v) is 3.56. The van der Waals surface area contributed by atoms with Gasteiger partial charge in [0.2, 0.25) is 0 Å². The summed E-state index contributed by atoms with van der Waals surface area (Å²) in [4.78, 5) is 8.33. The number of aliphatic imine (C=N–C) groups is 1. The first-order valence-corrected chi connectivity index (χ1v) is 10.9. The summed E-state index contributed by atoms with van der Waals surface area (Å²) in [5, 5.41) is 10.9. The third-order valence-electron chi connectivity index (χ3n) is 5.47. The van der Waals surface area contributed by atoms with Crippen molar-refractivity contribution in [3.8, 4) is 11.4 Å². The quantitative estimate of drug-likeness (QED) is 0.419. The molecule has 1 saturated heterocycles. The van der Waals surface area contributed by atoms with Gasteiger partial charge in [-0.3, -0.25) is 4.99 Å². The zero-order valence-corrected chi connectivity index (χ0v) is 18.6. The van der Waals surface area contributed by atoms with E-state index in [1.807, 2.05) is 12.1 Å². The minimum Gasteiger partial charge on any atom is -0.493 e. The van der Waals surface area contributed by atoms with Crippen molar-refractivity contribution in [3.63, 3.8) is 0 Å². The lowest BCUT2D eigenvalue weighted by atomic mass is 10.1. The number of aromatic nitrogens is 3. The van der Waals surface area contributed by atoms with Gasteiger partial charge in [-0.25, -0.2) is 9.67 Å². The number of nitrogens with zero attached hydrogens (tertiary/aromatic N) is 4. The van der Waals surface area contributed by atoms with Crippen LogP contribution >= 0.6 is 0 Å². The number of hydrogen-bond acceptors (Lipinski definition) is 5. The molecule has 8 nitrogen and oxygen atoms in total. The molecule has 1 aliphatic heterocycles. The molecule has 0 amide bonds. The largest absolute Gasteiger partial charge is 0.493 e. The van der Waals surface area contributed by atoms with Crippen LogP contribution in [0.25, 0.3) is 5.69 Å². The molecule has 4 rings (SSSR count). The molecule has 2 heterocycles. The van der Waals surface area contributed by atoms with Gasteiger partial charge in [0.1, 0.15) is 18.4 Å². The van der Waals surface area contributed by atoms with Crippen LogP contribution in [0.4, 0.5) is 0 Å². The summed E-state index contributed by atoms with van der Waals surface area (Å²) < 4.78 is 13.3. The van der Waals surface area contributed by atoms with Gasteiger partial charge in [-0.1, -0.05) is 24.3 Å². The maximum atomic E-state index is 6.15. The average Bonchev–Trinajstić information content (AvgIpc) is 3.54. The van der Waals surface area contributed by atoms with Gasteiger partial charge in [0, 0.05) is 38.2 Å². The van der Waals surface area contributed by atoms with Crippen LogP contribution < -0.4 is 15.4 Å². The summed E-state index contributed by atoms with van der Waals surface area (Å²) >= 11 is 0. The molecule has 2 N–H and O–H groups in total. The van der Waals surface area contributed by atoms with E-state index < -0.39 is 0 Å². The van der Waals surface area contributed by atoms with Crippen molar-refractivity contribution >= 4 is 5.96 Å². The Bertz CT molecular complexity index is 1010. The van der Waals surface area contributed by atoms with E-state index in [0.717, 1.165) is 48.2 Å². The topological polar surface area (TPSA) is 85.6 Å². The number of benzene rings is 2. The Hall–Kier alpha value is -3.39. The summed E-state index contributed by atoms with van der Waals surface area (Å²) in [6, 6.07) is 14.5. The monoisotopic (exact) mass is 434 g/mol. The van der Waals surface area contributed by atoms with Crippen molar-refractivity contribution in [2.75, 3.05) is 26.9 Å². The molecule has 1 fully saturated rings. The second-order valence-electron chi connectivity index (χ2n) is 7.94. The van der Waals surface area contributed by atoms with Crippen LogP contribution in [0.2, 0.25) is 0 Å². The van der Waals surface area contributed by atoms with Crippen molar-refractivity contribution in [2.45, 2.75) is 26.4 Å². The summed E-state index contributed by atoms with van der Waals surface area (Å²) in [5.41, 5.74) is 4.41. The van der Waals surface area contributed by atoms with Crippen molar-refractivity contribution in [1.29, 1.82) is 0 Å². The van der Waals surface area contributed by atoms with E-state index in [-0.39, 0.29) is 0 Å². The lowest BCUT2D eigenvalue weighted by Crippen LogP contribution is -2.36. The first kappa shape index (κ1) is 21.8. The number of rotatable bonds is 8. The Morgan fingerprint density at radius 3 is 2.75 bits per heavy atom. The van der Waals surface area contributed by atoms with Crippen molar-refractivity contribution < 1.29 is 9.47 Å². The van der Waals surface area contributed by atoms with Gasteiger partial charge in [-0.15, -0.1) is 0 Å². The Morgan fingerprint density at radius 2 is 2.03 bits per heavy atom. The lowest BCUT2D eigenvalue weighted by molar-refractivity contribution is 0.166. The molecule has 3 aromatic rings. The van der Waals surface area contributed by atoms with Crippen molar-refractivity contribution in [2.24, 2.45) is 10.9 Å². The predicted molar refractivity (Wildman–Crippen MR) is 124 cm³/mol. The highest BCUT2D eigenvalue weighted by Gasteiger charge is 2.17. The molecule has 168 valence electrons. The van der Waals surface area contributed by atoms with E-state index in [1.54, 1.807) is 18.1 Å². The molecule has 1 atom stereocenters. The van der Waals surface area contributed by atoms with Gasteiger partial charge in [0.05, 0.1) is 18.9 Å². The SMILES string of the molecule is CN=C(NCc1ccc(-n2cncn2)cc1)NCc1ccc(C)cc1OCC1CCOC1. The van der Waals surface area contributed by atoms with Crippen LogP contribution in [0.5, 0.6) is 5.75 Å². The van der Waals surface area contributed by atoms with E-state index in [4.69, 9.17) is 9.47 Å². The predicted octanol–water partition coefficient (Wildman–Crippen LogP) is 2.86. The highest BCUT2D eigenvalue weighted by atomic mass is 16.5. The molecule has 0 saturated carbocycles. The fraction of sp³-hybridized carbons (Fsp3) is 0.375. The number of nitrogens with one attached hydrogen (secondary N) is 2. The first-order chi connectivity index (χ1) is 15.7. The number of aryl methyl sites for hydroxylation is 1. The van der Waals surface area contributed by atoms with Gasteiger partial charge < -0.3 is 20.1 Å². The van der Waals surface area contributed by atoms with Crippen LogP contribution in [-0.2, 0) is 17.8 Å². The zero-order valence-electron chi connectivity index (χ0n) is 18.6. The smallest absolute Gasteiger partial charge is 0.191 e. The summed E-state index contributed by atoms with van der Waals surface area (Å²) in [6.07, 6.45) is 4.28. The Morgan fingerprint density at radius 1 is 1.19 bits per heavy atom. The summed E-state index contributed by atoms with van der Waals surface area (Å²) in [7, 11) is 1.77. The third-order valence-corrected chi connectivity index (χ3v) is 5.47. The Balaban J connectivity index is 1.30. The van der Waals surface area contributed by atoms with E-state index in [9.17, 15) is 0 Å². The van der Waals surface area contributed by atoms with E-state index in [0.29, 0.717) is 25.6 Å².